The molecule has 158 valence electrons. The average molecular weight is 406 g/mol. The van der Waals surface area contributed by atoms with Crippen LogP contribution in [0.4, 0.5) is 5.69 Å². The van der Waals surface area contributed by atoms with E-state index < -0.39 is 0 Å². The van der Waals surface area contributed by atoms with Gasteiger partial charge in [-0.15, -0.1) is 0 Å². The molecule has 1 aromatic rings. The number of benzene rings is 1. The number of carbonyl (C=O) groups excluding carboxylic acids is 1. The van der Waals surface area contributed by atoms with Gasteiger partial charge in [0.25, 0.3) is 0 Å². The highest BCUT2D eigenvalue weighted by Crippen LogP contribution is 2.37. The average Bonchev–Trinajstić information content (AvgIpc) is 3.27. The maximum Gasteiger partial charge on any atom is 0.307 e. The van der Waals surface area contributed by atoms with Gasteiger partial charge in [0.1, 0.15) is 29.8 Å². The highest BCUT2D eigenvalue weighted by atomic mass is 16.1. The van der Waals surface area contributed by atoms with Crippen molar-refractivity contribution in [2.24, 2.45) is 0 Å². The van der Waals surface area contributed by atoms with Crippen molar-refractivity contribution >= 4 is 12.1 Å². The maximum absolute atomic E-state index is 12.7. The second-order valence-corrected chi connectivity index (χ2v) is 8.63. The summed E-state index contributed by atoms with van der Waals surface area (Å²) in [4.78, 5) is 21.2. The molecule has 1 fully saturated rings. The number of rotatable bonds is 8. The van der Waals surface area contributed by atoms with Crippen LogP contribution in [0.3, 0.4) is 0 Å². The van der Waals surface area contributed by atoms with Gasteiger partial charge in [0.15, 0.2) is 0 Å². The summed E-state index contributed by atoms with van der Waals surface area (Å²) in [6.45, 7) is 5.22. The molecule has 5 heteroatoms. The van der Waals surface area contributed by atoms with Crippen LogP contribution < -0.4 is 4.48 Å². The number of quaternary nitrogens is 1. The zero-order chi connectivity index (χ0) is 21.0. The van der Waals surface area contributed by atoms with Crippen molar-refractivity contribution in [2.75, 3.05) is 0 Å². The molecule has 0 aromatic heterocycles. The number of carbonyl (C=O) groups is 1. The Balaban J connectivity index is 1.63. The van der Waals surface area contributed by atoms with Crippen LogP contribution in [-0.2, 0) is 11.3 Å². The molecule has 2 heterocycles. The molecule has 1 saturated carbocycles. The SMILES string of the molecule is CCC(CC)[N+](C=O)(c1ccc(Cn2ccc3ncnc-3c2)cc1)C1CCCCC1. The monoisotopic (exact) mass is 405 g/mol. The smallest absolute Gasteiger partial charge is 0.307 e. The van der Waals surface area contributed by atoms with Crippen LogP contribution in [0.5, 0.6) is 0 Å². The molecular formula is C25H33N4O+. The summed E-state index contributed by atoms with van der Waals surface area (Å²) in [5.74, 6) is 0. The predicted octanol–water partition coefficient (Wildman–Crippen LogP) is 5.42. The molecule has 1 unspecified atom stereocenters. The number of pyridine rings is 1. The summed E-state index contributed by atoms with van der Waals surface area (Å²) < 4.78 is 2.63. The van der Waals surface area contributed by atoms with Crippen LogP contribution in [-0.4, -0.2) is 33.0 Å². The second kappa shape index (κ2) is 9.09. The molecule has 0 spiro atoms. The van der Waals surface area contributed by atoms with E-state index in [9.17, 15) is 4.79 Å². The maximum atomic E-state index is 12.7. The first-order chi connectivity index (χ1) is 14.7. The van der Waals surface area contributed by atoms with Crippen molar-refractivity contribution in [3.05, 3.63) is 54.6 Å². The molecule has 5 nitrogen and oxygen atoms in total. The fourth-order valence-electron chi connectivity index (χ4n) is 5.40. The Morgan fingerprint density at radius 3 is 2.40 bits per heavy atom. The molecular weight excluding hydrogens is 372 g/mol. The molecule has 1 atom stereocenters. The Labute approximate surface area is 179 Å². The lowest BCUT2D eigenvalue weighted by Gasteiger charge is -2.45. The van der Waals surface area contributed by atoms with Crippen LogP contribution in [0, 0.1) is 0 Å². The minimum atomic E-state index is 0.337. The molecule has 4 rings (SSSR count). The summed E-state index contributed by atoms with van der Waals surface area (Å²) in [5, 5.41) is 0. The summed E-state index contributed by atoms with van der Waals surface area (Å²) in [6, 6.07) is 11.5. The largest absolute Gasteiger partial charge is 0.348 e. The Morgan fingerprint density at radius 2 is 1.73 bits per heavy atom. The Hall–Kier alpha value is -2.53. The topological polar surface area (TPSA) is 47.8 Å². The van der Waals surface area contributed by atoms with Gasteiger partial charge in [0.2, 0.25) is 0 Å². The normalized spacial score (nSPS) is 17.3. The van der Waals surface area contributed by atoms with Gasteiger partial charge in [-0.05, 0) is 49.4 Å². The highest BCUT2D eigenvalue weighted by Gasteiger charge is 2.45. The van der Waals surface area contributed by atoms with Gasteiger partial charge < -0.3 is 4.57 Å². The van der Waals surface area contributed by atoms with E-state index in [4.69, 9.17) is 0 Å². The first-order valence-corrected chi connectivity index (χ1v) is 11.4. The first kappa shape index (κ1) is 20.7. The van der Waals surface area contributed by atoms with Gasteiger partial charge in [-0.2, -0.15) is 0 Å². The minimum absolute atomic E-state index is 0.337. The third-order valence-electron chi connectivity index (χ3n) is 7.02. The lowest BCUT2D eigenvalue weighted by Crippen LogP contribution is -2.62. The van der Waals surface area contributed by atoms with Crippen LogP contribution in [0.15, 0.2) is 49.1 Å². The van der Waals surface area contributed by atoms with Crippen molar-refractivity contribution in [2.45, 2.75) is 77.4 Å². The van der Waals surface area contributed by atoms with Crippen LogP contribution in [0.25, 0.3) is 11.4 Å². The predicted molar refractivity (Wildman–Crippen MR) is 121 cm³/mol. The minimum Gasteiger partial charge on any atom is -0.348 e. The van der Waals surface area contributed by atoms with Gasteiger partial charge in [0.05, 0.1) is 5.69 Å². The number of nitrogens with zero attached hydrogens (tertiary/aromatic N) is 4. The number of hydrogen-bond acceptors (Lipinski definition) is 3. The standard InChI is InChI=1S/C25H33N4O/c1-3-21(4-2)29(19-30,22-8-6-5-7-9-22)23-12-10-20(11-13-23)16-28-15-14-24-25(17-28)27-18-26-24/h10-15,17-19,21-22H,3-9,16H2,1-2H3/q+1. The summed E-state index contributed by atoms with van der Waals surface area (Å²) in [7, 11) is 0. The molecule has 1 aliphatic carbocycles. The van der Waals surface area contributed by atoms with Crippen LogP contribution in [0.2, 0.25) is 0 Å². The highest BCUT2D eigenvalue weighted by molar-refractivity contribution is 5.71. The number of aromatic nitrogens is 3. The van der Waals surface area contributed by atoms with Crippen molar-refractivity contribution in [3.63, 3.8) is 0 Å². The van der Waals surface area contributed by atoms with Crippen LogP contribution >= 0.6 is 0 Å². The Morgan fingerprint density at radius 1 is 1.03 bits per heavy atom. The molecule has 0 saturated heterocycles. The van der Waals surface area contributed by atoms with Gasteiger partial charge in [-0.3, -0.25) is 0 Å². The van der Waals surface area contributed by atoms with Crippen LogP contribution in [0.1, 0.15) is 64.4 Å². The van der Waals surface area contributed by atoms with E-state index in [2.05, 4.69) is 52.6 Å². The van der Waals surface area contributed by atoms with Crippen molar-refractivity contribution in [3.8, 4) is 11.4 Å². The zero-order valence-corrected chi connectivity index (χ0v) is 18.2. The fraction of sp³-hybridized carbons (Fsp3) is 0.480. The molecule has 1 amide bonds. The number of fused-ring (bicyclic) bond motifs is 1. The number of hydrogen-bond donors (Lipinski definition) is 0. The number of amides is 1. The van der Waals surface area contributed by atoms with E-state index >= 15 is 0 Å². The van der Waals surface area contributed by atoms with E-state index in [0.717, 1.165) is 49.3 Å². The van der Waals surface area contributed by atoms with E-state index in [-0.39, 0.29) is 0 Å². The quantitative estimate of drug-likeness (QED) is 0.371. The van der Waals surface area contributed by atoms with Gasteiger partial charge >= 0.3 is 6.41 Å². The number of imidazole rings is 1. The Bertz CT molecular complexity index is 924. The van der Waals surface area contributed by atoms with Gasteiger partial charge in [0, 0.05) is 31.8 Å². The lowest BCUT2D eigenvalue weighted by molar-refractivity contribution is -0.122. The van der Waals surface area contributed by atoms with E-state index in [1.165, 1.54) is 31.2 Å². The molecule has 0 N–H and O–H groups in total. The summed E-state index contributed by atoms with van der Waals surface area (Å²) in [5.41, 5.74) is 4.21. The van der Waals surface area contributed by atoms with E-state index in [1.54, 1.807) is 6.33 Å². The first-order valence-electron chi connectivity index (χ1n) is 11.4. The zero-order valence-electron chi connectivity index (χ0n) is 18.2. The van der Waals surface area contributed by atoms with Crippen molar-refractivity contribution in [1.82, 2.24) is 19.0 Å². The molecule has 30 heavy (non-hydrogen) atoms. The third kappa shape index (κ3) is 3.79. The third-order valence-corrected chi connectivity index (χ3v) is 7.02. The lowest BCUT2D eigenvalue weighted by atomic mass is 9.89. The summed E-state index contributed by atoms with van der Waals surface area (Å²) in [6.07, 6.45) is 15.0. The van der Waals surface area contributed by atoms with Gasteiger partial charge in [-0.25, -0.2) is 19.2 Å². The Kier molecular flexibility index (Phi) is 6.28. The molecule has 3 aliphatic rings. The van der Waals surface area contributed by atoms with Crippen molar-refractivity contribution < 1.29 is 4.79 Å². The molecule has 1 aromatic carbocycles. The molecule has 0 radical (unpaired) electrons. The molecule has 0 bridgehead atoms. The van der Waals surface area contributed by atoms with E-state index in [1.807, 2.05) is 18.5 Å². The van der Waals surface area contributed by atoms with Crippen molar-refractivity contribution in [1.29, 1.82) is 0 Å². The second-order valence-electron chi connectivity index (χ2n) is 8.63. The van der Waals surface area contributed by atoms with Gasteiger partial charge in [-0.1, -0.05) is 32.4 Å². The summed E-state index contributed by atoms with van der Waals surface area (Å²) >= 11 is 0. The molecule has 2 aliphatic heterocycles. The van der Waals surface area contributed by atoms with E-state index in [0.29, 0.717) is 16.6 Å². The fourth-order valence-corrected chi connectivity index (χ4v) is 5.40.